The molecule has 6 heterocycles. The first kappa shape index (κ1) is 25.6. The number of nitrogens with zero attached hydrogens (tertiary/aromatic N) is 5. The minimum atomic E-state index is -0.616. The predicted octanol–water partition coefficient (Wildman–Crippen LogP) is 2.02. The van der Waals surface area contributed by atoms with Crippen LogP contribution in [0.4, 0.5) is 5.95 Å². The van der Waals surface area contributed by atoms with Crippen molar-refractivity contribution in [1.29, 1.82) is 0 Å². The van der Waals surface area contributed by atoms with Crippen molar-refractivity contribution in [3.8, 4) is 5.75 Å². The van der Waals surface area contributed by atoms with Gasteiger partial charge in [0.05, 0.1) is 24.3 Å². The Kier molecular flexibility index (Phi) is 6.11. The number of carbonyl (C=O) groups excluding carboxylic acids is 3. The smallest absolute Gasteiger partial charge is 0.255 e. The predicted molar refractivity (Wildman–Crippen MR) is 152 cm³/mol. The van der Waals surface area contributed by atoms with Gasteiger partial charge < -0.3 is 19.3 Å². The summed E-state index contributed by atoms with van der Waals surface area (Å²) in [7, 11) is 0. The Morgan fingerprint density at radius 1 is 1.05 bits per heavy atom. The van der Waals surface area contributed by atoms with Crippen LogP contribution in [0.25, 0.3) is 10.9 Å². The van der Waals surface area contributed by atoms with Gasteiger partial charge in [-0.15, -0.1) is 0 Å². The van der Waals surface area contributed by atoms with Crippen LogP contribution >= 0.6 is 0 Å². The maximum absolute atomic E-state index is 13.0. The van der Waals surface area contributed by atoms with Gasteiger partial charge >= 0.3 is 0 Å². The largest absolute Gasteiger partial charge is 0.489 e. The molecule has 2 bridgehead atoms. The molecular formula is C31H32N6O5. The van der Waals surface area contributed by atoms with Crippen molar-refractivity contribution in [2.24, 2.45) is 0 Å². The monoisotopic (exact) mass is 568 g/mol. The molecule has 2 aromatic carbocycles. The minimum absolute atomic E-state index is 0.0533. The Balaban J connectivity index is 0.886. The van der Waals surface area contributed by atoms with Crippen LogP contribution in [0, 0.1) is 0 Å². The van der Waals surface area contributed by atoms with E-state index in [4.69, 9.17) is 14.5 Å². The van der Waals surface area contributed by atoms with Crippen LogP contribution in [-0.4, -0.2) is 88.0 Å². The molecule has 3 amide bonds. The molecule has 4 saturated heterocycles. The Morgan fingerprint density at radius 2 is 1.98 bits per heavy atom. The number of nitrogens with one attached hydrogen (secondary N) is 1. The van der Waals surface area contributed by atoms with Gasteiger partial charge in [0.2, 0.25) is 17.8 Å². The number of amides is 3. The zero-order valence-corrected chi connectivity index (χ0v) is 23.2. The lowest BCUT2D eigenvalue weighted by atomic mass is 10.0. The summed E-state index contributed by atoms with van der Waals surface area (Å²) in [6.07, 6.45) is 4.88. The molecule has 11 nitrogen and oxygen atoms in total. The quantitative estimate of drug-likeness (QED) is 0.446. The molecule has 1 aromatic heterocycles. The fourth-order valence-electron chi connectivity index (χ4n) is 7.07. The van der Waals surface area contributed by atoms with E-state index in [-0.39, 0.29) is 24.3 Å². The zero-order valence-electron chi connectivity index (χ0n) is 23.2. The summed E-state index contributed by atoms with van der Waals surface area (Å²) < 4.78 is 12.1. The van der Waals surface area contributed by atoms with Gasteiger partial charge in [0.25, 0.3) is 5.91 Å². The lowest BCUT2D eigenvalue weighted by Gasteiger charge is -2.29. The molecule has 4 atom stereocenters. The highest BCUT2D eigenvalue weighted by Crippen LogP contribution is 2.33. The number of morpholine rings is 1. The molecule has 1 N–H and O–H groups in total. The number of hydrogen-bond acceptors (Lipinski definition) is 9. The Bertz CT molecular complexity index is 1610. The van der Waals surface area contributed by atoms with Crippen molar-refractivity contribution in [1.82, 2.24) is 25.1 Å². The van der Waals surface area contributed by atoms with Gasteiger partial charge in [0.1, 0.15) is 17.9 Å². The summed E-state index contributed by atoms with van der Waals surface area (Å²) in [4.78, 5) is 52.6. The molecule has 0 saturated carbocycles. The standard InChI is InChI=1S/C31H32N6O5/c38-28-6-5-27(29(39)34-28)37-14-20-10-22(2-3-25(20)30(37)40)42-23-7-8-35(15-23)13-18-1-4-26-19(9-18)12-32-31(33-26)36-16-24-11-21(36)17-41-24/h1-4,9-10,12,21,23-24,27H,5-8,11,13-17H2,(H,34,38,39)/t21-,23+,24-,27?/m1/s1. The number of anilines is 1. The van der Waals surface area contributed by atoms with Crippen molar-refractivity contribution in [2.75, 3.05) is 31.1 Å². The molecule has 8 rings (SSSR count). The summed E-state index contributed by atoms with van der Waals surface area (Å²) >= 11 is 0. The van der Waals surface area contributed by atoms with Gasteiger partial charge in [-0.1, -0.05) is 6.07 Å². The lowest BCUT2D eigenvalue weighted by molar-refractivity contribution is -0.136. The van der Waals surface area contributed by atoms with Crippen molar-refractivity contribution in [2.45, 2.75) is 63.1 Å². The molecule has 5 aliphatic rings. The number of rotatable bonds is 6. The summed E-state index contributed by atoms with van der Waals surface area (Å²) in [5.74, 6) is 0.668. The molecule has 5 aliphatic heterocycles. The van der Waals surface area contributed by atoms with Crippen molar-refractivity contribution >= 4 is 34.6 Å². The molecular weight excluding hydrogens is 536 g/mol. The van der Waals surface area contributed by atoms with E-state index in [1.54, 1.807) is 11.0 Å². The van der Waals surface area contributed by atoms with Crippen LogP contribution in [0.5, 0.6) is 5.75 Å². The third-order valence-corrected chi connectivity index (χ3v) is 9.22. The molecule has 0 radical (unpaired) electrons. The van der Waals surface area contributed by atoms with Crippen LogP contribution in [-0.2, 0) is 27.4 Å². The highest BCUT2D eigenvalue weighted by Gasteiger charge is 2.41. The molecule has 4 fully saturated rings. The van der Waals surface area contributed by atoms with E-state index in [1.165, 1.54) is 5.56 Å². The Hall–Kier alpha value is -4.09. The van der Waals surface area contributed by atoms with Crippen LogP contribution in [0.1, 0.15) is 47.2 Å². The number of fused-ring (bicyclic) bond motifs is 4. The Labute approximate surface area is 242 Å². The first-order chi connectivity index (χ1) is 20.5. The van der Waals surface area contributed by atoms with Gasteiger partial charge in [0.15, 0.2) is 0 Å². The van der Waals surface area contributed by atoms with Crippen LogP contribution < -0.4 is 15.0 Å². The van der Waals surface area contributed by atoms with Crippen LogP contribution in [0.2, 0.25) is 0 Å². The second-order valence-electron chi connectivity index (χ2n) is 12.0. The number of benzene rings is 2. The second-order valence-corrected chi connectivity index (χ2v) is 12.0. The first-order valence-electron chi connectivity index (χ1n) is 14.8. The molecule has 1 unspecified atom stereocenters. The van der Waals surface area contributed by atoms with Crippen LogP contribution in [0.3, 0.4) is 0 Å². The SMILES string of the molecule is O=C1CCC(N2Cc3cc(O[C@H]4CCN(Cc5ccc6nc(N7C[C@H]8C[C@@H]7CO8)ncc6c5)C4)ccc3C2=O)C(=O)N1. The van der Waals surface area contributed by atoms with E-state index in [9.17, 15) is 14.4 Å². The first-order valence-corrected chi connectivity index (χ1v) is 14.8. The average Bonchev–Trinajstić information content (AvgIpc) is 3.78. The molecule has 216 valence electrons. The lowest BCUT2D eigenvalue weighted by Crippen LogP contribution is -2.52. The molecule has 42 heavy (non-hydrogen) atoms. The van der Waals surface area contributed by atoms with Gasteiger partial charge in [-0.2, -0.15) is 0 Å². The van der Waals surface area contributed by atoms with Crippen molar-refractivity contribution in [3.63, 3.8) is 0 Å². The number of imide groups is 1. The third kappa shape index (κ3) is 4.57. The van der Waals surface area contributed by atoms with E-state index in [0.29, 0.717) is 30.7 Å². The minimum Gasteiger partial charge on any atom is -0.489 e. The maximum Gasteiger partial charge on any atom is 0.255 e. The number of carbonyl (C=O) groups is 3. The molecule has 0 aliphatic carbocycles. The number of ether oxygens (including phenoxy) is 2. The van der Waals surface area contributed by atoms with Gasteiger partial charge in [-0.3, -0.25) is 24.6 Å². The van der Waals surface area contributed by atoms with E-state index in [0.717, 1.165) is 73.8 Å². The van der Waals surface area contributed by atoms with Crippen molar-refractivity contribution in [3.05, 3.63) is 59.3 Å². The fraction of sp³-hybridized carbons (Fsp3) is 0.452. The van der Waals surface area contributed by atoms with Gasteiger partial charge in [-0.05, 0) is 60.7 Å². The number of hydrogen-bond donors (Lipinski definition) is 1. The summed E-state index contributed by atoms with van der Waals surface area (Å²) in [6.45, 7) is 4.55. The molecule has 3 aromatic rings. The van der Waals surface area contributed by atoms with Crippen LogP contribution in [0.15, 0.2) is 42.6 Å². The van der Waals surface area contributed by atoms with Gasteiger partial charge in [0, 0.05) is 56.3 Å². The third-order valence-electron chi connectivity index (χ3n) is 9.22. The summed E-state index contributed by atoms with van der Waals surface area (Å²) in [5.41, 5.74) is 3.62. The van der Waals surface area contributed by atoms with E-state index in [1.807, 2.05) is 18.3 Å². The van der Waals surface area contributed by atoms with E-state index in [2.05, 4.69) is 38.3 Å². The van der Waals surface area contributed by atoms with E-state index < -0.39 is 11.9 Å². The fourth-order valence-corrected chi connectivity index (χ4v) is 7.07. The highest BCUT2D eigenvalue weighted by atomic mass is 16.5. The summed E-state index contributed by atoms with van der Waals surface area (Å²) in [5, 5.41) is 3.39. The molecule has 11 heteroatoms. The van der Waals surface area contributed by atoms with Gasteiger partial charge in [-0.25, -0.2) is 9.97 Å². The van der Waals surface area contributed by atoms with E-state index >= 15 is 0 Å². The number of aromatic nitrogens is 2. The zero-order chi connectivity index (χ0) is 28.4. The summed E-state index contributed by atoms with van der Waals surface area (Å²) in [6, 6.07) is 11.7. The number of likely N-dealkylation sites (tertiary alicyclic amines) is 1. The van der Waals surface area contributed by atoms with Crippen molar-refractivity contribution < 1.29 is 23.9 Å². The number of piperidine rings is 1. The second kappa shape index (κ2) is 10.0. The maximum atomic E-state index is 13.0. The Morgan fingerprint density at radius 3 is 2.81 bits per heavy atom. The topological polar surface area (TPSA) is 117 Å². The molecule has 0 spiro atoms. The highest BCUT2D eigenvalue weighted by molar-refractivity contribution is 6.05. The normalized spacial score (nSPS) is 27.3. The average molecular weight is 569 g/mol.